The van der Waals surface area contributed by atoms with Crippen LogP contribution in [0.4, 0.5) is 0 Å². The van der Waals surface area contributed by atoms with Gasteiger partial charge in [0.1, 0.15) is 0 Å². The standard InChI is InChI=1S/C10H9ClN2O/c11-9-3-1-8(2-4-9)5-13-6-10(14)12-7-13/h1-4,6-7,14H,5H2. The summed E-state index contributed by atoms with van der Waals surface area (Å²) in [5, 5.41) is 9.75. The third kappa shape index (κ3) is 2.06. The first kappa shape index (κ1) is 9.09. The zero-order chi connectivity index (χ0) is 9.97. The van der Waals surface area contributed by atoms with E-state index in [-0.39, 0.29) is 5.88 Å². The van der Waals surface area contributed by atoms with Crippen molar-refractivity contribution in [1.29, 1.82) is 0 Å². The third-order valence-electron chi connectivity index (χ3n) is 1.90. The van der Waals surface area contributed by atoms with Gasteiger partial charge in [-0.05, 0) is 17.7 Å². The Kier molecular flexibility index (Phi) is 2.41. The van der Waals surface area contributed by atoms with E-state index in [9.17, 15) is 0 Å². The van der Waals surface area contributed by atoms with Crippen molar-refractivity contribution in [2.24, 2.45) is 0 Å². The van der Waals surface area contributed by atoms with Gasteiger partial charge in [-0.2, -0.15) is 0 Å². The van der Waals surface area contributed by atoms with E-state index in [4.69, 9.17) is 16.7 Å². The molecule has 1 N–H and O–H groups in total. The summed E-state index contributed by atoms with van der Waals surface area (Å²) in [5.74, 6) is 0.0407. The number of hydrogen-bond acceptors (Lipinski definition) is 2. The average Bonchev–Trinajstić information content (AvgIpc) is 2.56. The molecule has 72 valence electrons. The lowest BCUT2D eigenvalue weighted by atomic mass is 10.2. The molecule has 0 fully saturated rings. The summed E-state index contributed by atoms with van der Waals surface area (Å²) in [5.41, 5.74) is 1.12. The molecular weight excluding hydrogens is 200 g/mol. The van der Waals surface area contributed by atoms with Crippen molar-refractivity contribution in [3.05, 3.63) is 47.4 Å². The summed E-state index contributed by atoms with van der Waals surface area (Å²) in [6, 6.07) is 7.57. The molecule has 14 heavy (non-hydrogen) atoms. The van der Waals surface area contributed by atoms with Crippen LogP contribution in [0.25, 0.3) is 0 Å². The van der Waals surface area contributed by atoms with E-state index >= 15 is 0 Å². The second kappa shape index (κ2) is 3.72. The van der Waals surface area contributed by atoms with Crippen molar-refractivity contribution in [3.63, 3.8) is 0 Å². The minimum absolute atomic E-state index is 0.0407. The SMILES string of the molecule is Oc1cn(Cc2ccc(Cl)cc2)cn1. The molecule has 0 aliphatic heterocycles. The van der Waals surface area contributed by atoms with Crippen molar-refractivity contribution >= 4 is 11.6 Å². The van der Waals surface area contributed by atoms with Gasteiger partial charge in [-0.15, -0.1) is 0 Å². The Morgan fingerprint density at radius 2 is 2.00 bits per heavy atom. The van der Waals surface area contributed by atoms with Crippen LogP contribution in [0.15, 0.2) is 36.8 Å². The number of aromatic hydroxyl groups is 1. The Balaban J connectivity index is 2.15. The molecule has 0 amide bonds. The fourth-order valence-electron chi connectivity index (χ4n) is 1.24. The highest BCUT2D eigenvalue weighted by atomic mass is 35.5. The predicted molar refractivity (Wildman–Crippen MR) is 54.4 cm³/mol. The monoisotopic (exact) mass is 208 g/mol. The Morgan fingerprint density at radius 1 is 1.29 bits per heavy atom. The lowest BCUT2D eigenvalue weighted by molar-refractivity contribution is 0.455. The fourth-order valence-corrected chi connectivity index (χ4v) is 1.36. The molecule has 0 aliphatic carbocycles. The molecule has 2 aromatic rings. The van der Waals surface area contributed by atoms with Gasteiger partial charge < -0.3 is 9.67 Å². The van der Waals surface area contributed by atoms with E-state index < -0.39 is 0 Å². The topological polar surface area (TPSA) is 38.0 Å². The van der Waals surface area contributed by atoms with Crippen molar-refractivity contribution in [3.8, 4) is 5.88 Å². The van der Waals surface area contributed by atoms with E-state index in [1.807, 2.05) is 24.3 Å². The second-order valence-corrected chi connectivity index (χ2v) is 3.47. The number of halogens is 1. The van der Waals surface area contributed by atoms with E-state index in [2.05, 4.69) is 4.98 Å². The normalized spacial score (nSPS) is 10.4. The number of aromatic nitrogens is 2. The highest BCUT2D eigenvalue weighted by Gasteiger charge is 1.97. The molecule has 0 spiro atoms. The molecule has 0 saturated carbocycles. The van der Waals surface area contributed by atoms with E-state index in [0.29, 0.717) is 6.54 Å². The van der Waals surface area contributed by atoms with E-state index in [0.717, 1.165) is 10.6 Å². The van der Waals surface area contributed by atoms with Gasteiger partial charge in [-0.1, -0.05) is 23.7 Å². The third-order valence-corrected chi connectivity index (χ3v) is 2.15. The van der Waals surface area contributed by atoms with Gasteiger partial charge in [0, 0.05) is 11.6 Å². The van der Waals surface area contributed by atoms with Crippen molar-refractivity contribution < 1.29 is 5.11 Å². The zero-order valence-electron chi connectivity index (χ0n) is 7.39. The van der Waals surface area contributed by atoms with Crippen LogP contribution in [-0.2, 0) is 6.54 Å². The minimum atomic E-state index is 0.0407. The van der Waals surface area contributed by atoms with E-state index in [1.165, 1.54) is 0 Å². The van der Waals surface area contributed by atoms with Crippen LogP contribution >= 0.6 is 11.6 Å². The molecular formula is C10H9ClN2O. The first-order chi connectivity index (χ1) is 6.74. The molecule has 0 saturated heterocycles. The molecule has 4 heteroatoms. The van der Waals surface area contributed by atoms with Crippen molar-refractivity contribution in [2.45, 2.75) is 6.54 Å². The van der Waals surface area contributed by atoms with Crippen LogP contribution < -0.4 is 0 Å². The lowest BCUT2D eigenvalue weighted by Crippen LogP contribution is -1.95. The number of benzene rings is 1. The summed E-state index contributed by atoms with van der Waals surface area (Å²) >= 11 is 5.76. The van der Waals surface area contributed by atoms with Crippen LogP contribution in [-0.4, -0.2) is 14.7 Å². The molecule has 3 nitrogen and oxygen atoms in total. The molecule has 1 aromatic heterocycles. The molecule has 0 atom stereocenters. The summed E-state index contributed by atoms with van der Waals surface area (Å²) in [7, 11) is 0. The Hall–Kier alpha value is -1.48. The first-order valence-corrected chi connectivity index (χ1v) is 4.57. The molecule has 1 aromatic carbocycles. The summed E-state index contributed by atoms with van der Waals surface area (Å²) in [6.07, 6.45) is 3.17. The van der Waals surface area contributed by atoms with Crippen molar-refractivity contribution in [1.82, 2.24) is 9.55 Å². The second-order valence-electron chi connectivity index (χ2n) is 3.03. The average molecular weight is 209 g/mol. The maximum absolute atomic E-state index is 9.02. The number of hydrogen-bond donors (Lipinski definition) is 1. The Labute approximate surface area is 86.6 Å². The number of rotatable bonds is 2. The molecule has 0 unspecified atom stereocenters. The minimum Gasteiger partial charge on any atom is -0.492 e. The summed E-state index contributed by atoms with van der Waals surface area (Å²) in [4.78, 5) is 3.72. The summed E-state index contributed by atoms with van der Waals surface area (Å²) in [6.45, 7) is 0.685. The van der Waals surface area contributed by atoms with Crippen LogP contribution in [0.3, 0.4) is 0 Å². The molecule has 0 bridgehead atoms. The number of imidazole rings is 1. The lowest BCUT2D eigenvalue weighted by Gasteiger charge is -2.01. The highest BCUT2D eigenvalue weighted by Crippen LogP contribution is 2.11. The predicted octanol–water partition coefficient (Wildman–Crippen LogP) is 2.29. The largest absolute Gasteiger partial charge is 0.492 e. The molecule has 0 aliphatic rings. The maximum Gasteiger partial charge on any atom is 0.229 e. The van der Waals surface area contributed by atoms with Crippen LogP contribution in [0.1, 0.15) is 5.56 Å². The molecule has 0 radical (unpaired) electrons. The summed E-state index contributed by atoms with van der Waals surface area (Å²) < 4.78 is 1.80. The van der Waals surface area contributed by atoms with Gasteiger partial charge in [0.05, 0.1) is 12.5 Å². The maximum atomic E-state index is 9.02. The van der Waals surface area contributed by atoms with Gasteiger partial charge in [0.25, 0.3) is 0 Å². The van der Waals surface area contributed by atoms with Gasteiger partial charge in [0.15, 0.2) is 0 Å². The highest BCUT2D eigenvalue weighted by molar-refractivity contribution is 6.30. The van der Waals surface area contributed by atoms with Crippen LogP contribution in [0, 0.1) is 0 Å². The van der Waals surface area contributed by atoms with E-state index in [1.54, 1.807) is 17.1 Å². The van der Waals surface area contributed by atoms with Gasteiger partial charge in [0.2, 0.25) is 5.88 Å². The van der Waals surface area contributed by atoms with Crippen molar-refractivity contribution in [2.75, 3.05) is 0 Å². The number of nitrogens with zero attached hydrogens (tertiary/aromatic N) is 2. The molecule has 2 rings (SSSR count). The van der Waals surface area contributed by atoms with Gasteiger partial charge in [-0.25, -0.2) is 4.98 Å². The fraction of sp³-hybridized carbons (Fsp3) is 0.100. The molecule has 1 heterocycles. The Morgan fingerprint density at radius 3 is 2.57 bits per heavy atom. The van der Waals surface area contributed by atoms with Crippen LogP contribution in [0.5, 0.6) is 5.88 Å². The Bertz CT molecular complexity index is 422. The first-order valence-electron chi connectivity index (χ1n) is 4.19. The van der Waals surface area contributed by atoms with Crippen LogP contribution in [0.2, 0.25) is 5.02 Å². The van der Waals surface area contributed by atoms with Gasteiger partial charge >= 0.3 is 0 Å². The quantitative estimate of drug-likeness (QED) is 0.823. The zero-order valence-corrected chi connectivity index (χ0v) is 8.15. The van der Waals surface area contributed by atoms with Gasteiger partial charge in [-0.3, -0.25) is 0 Å². The smallest absolute Gasteiger partial charge is 0.229 e.